The van der Waals surface area contributed by atoms with Gasteiger partial charge in [0.2, 0.25) is 0 Å². The Balaban J connectivity index is 1.72. The molecule has 2 rings (SSSR count). The predicted molar refractivity (Wildman–Crippen MR) is 62.0 cm³/mol. The number of aromatic nitrogens is 3. The lowest BCUT2D eigenvalue weighted by atomic mass is 10.3. The van der Waals surface area contributed by atoms with Gasteiger partial charge in [0.25, 0.3) is 0 Å². The predicted octanol–water partition coefficient (Wildman–Crippen LogP) is 2.15. The number of hydrogen-bond donors (Lipinski definition) is 2. The van der Waals surface area contributed by atoms with Crippen molar-refractivity contribution >= 4 is 17.4 Å². The van der Waals surface area contributed by atoms with Gasteiger partial charge in [0, 0.05) is 18.0 Å². The third kappa shape index (κ3) is 3.23. The molecule has 2 aromatic rings. The first kappa shape index (κ1) is 10.9. The van der Waals surface area contributed by atoms with Crippen molar-refractivity contribution in [3.63, 3.8) is 0 Å². The summed E-state index contributed by atoms with van der Waals surface area (Å²) in [7, 11) is 0. The summed E-state index contributed by atoms with van der Waals surface area (Å²) in [5.41, 5.74) is 0.790. The van der Waals surface area contributed by atoms with E-state index in [1.54, 1.807) is 17.8 Å². The molecule has 0 aliphatic carbocycles. The normalized spacial score (nSPS) is 10.3. The Kier molecular flexibility index (Phi) is 3.76. The Labute approximate surface area is 96.7 Å². The number of thioether (sulfide) groups is 1. The van der Waals surface area contributed by atoms with Crippen molar-refractivity contribution < 1.29 is 4.39 Å². The van der Waals surface area contributed by atoms with E-state index in [-0.39, 0.29) is 5.82 Å². The second-order valence-corrected chi connectivity index (χ2v) is 4.16. The first-order valence-electron chi connectivity index (χ1n) is 4.82. The summed E-state index contributed by atoms with van der Waals surface area (Å²) in [6.07, 6.45) is 1.47. The molecule has 0 radical (unpaired) electrons. The van der Waals surface area contributed by atoms with E-state index in [9.17, 15) is 4.39 Å². The summed E-state index contributed by atoms with van der Waals surface area (Å²) in [4.78, 5) is 3.98. The van der Waals surface area contributed by atoms with Crippen LogP contribution in [0.25, 0.3) is 0 Å². The molecule has 0 saturated heterocycles. The van der Waals surface area contributed by atoms with Crippen LogP contribution in [0.3, 0.4) is 0 Å². The summed E-state index contributed by atoms with van der Waals surface area (Å²) in [6.45, 7) is 0.745. The highest BCUT2D eigenvalue weighted by Gasteiger charge is 1.97. The number of benzene rings is 1. The zero-order valence-electron chi connectivity index (χ0n) is 8.48. The van der Waals surface area contributed by atoms with Crippen LogP contribution in [0.1, 0.15) is 0 Å². The summed E-state index contributed by atoms with van der Waals surface area (Å²) in [5, 5.41) is 10.4. The molecule has 1 aromatic heterocycles. The number of nitrogens with zero attached hydrogens (tertiary/aromatic N) is 2. The van der Waals surface area contributed by atoms with Gasteiger partial charge in [0.05, 0.1) is 0 Å². The van der Waals surface area contributed by atoms with Gasteiger partial charge in [0.1, 0.15) is 12.1 Å². The van der Waals surface area contributed by atoms with Crippen LogP contribution in [0.2, 0.25) is 0 Å². The van der Waals surface area contributed by atoms with Gasteiger partial charge < -0.3 is 5.32 Å². The Morgan fingerprint density at radius 3 is 3.12 bits per heavy atom. The highest BCUT2D eigenvalue weighted by atomic mass is 32.2. The second-order valence-electron chi connectivity index (χ2n) is 3.08. The lowest BCUT2D eigenvalue weighted by molar-refractivity contribution is 0.628. The standard InChI is InChI=1S/C10H11FN4S/c11-8-2-1-3-9(6-8)12-4-5-16-10-13-7-14-15-10/h1-3,6-7,12H,4-5H2,(H,13,14,15). The van der Waals surface area contributed by atoms with E-state index >= 15 is 0 Å². The van der Waals surface area contributed by atoms with E-state index in [1.807, 2.05) is 6.07 Å². The number of nitrogens with one attached hydrogen (secondary N) is 2. The molecule has 0 aliphatic heterocycles. The van der Waals surface area contributed by atoms with Gasteiger partial charge in [-0.1, -0.05) is 17.8 Å². The number of H-pyrrole nitrogens is 1. The molecule has 0 amide bonds. The molecule has 0 unspecified atom stereocenters. The maximum Gasteiger partial charge on any atom is 0.183 e. The summed E-state index contributed by atoms with van der Waals surface area (Å²) in [6, 6.07) is 6.41. The average Bonchev–Trinajstić information content (AvgIpc) is 2.77. The number of halogens is 1. The minimum absolute atomic E-state index is 0.229. The molecule has 0 saturated carbocycles. The lowest BCUT2D eigenvalue weighted by Gasteiger charge is -2.04. The van der Waals surface area contributed by atoms with Crippen LogP contribution in [0.5, 0.6) is 0 Å². The zero-order valence-corrected chi connectivity index (χ0v) is 9.30. The van der Waals surface area contributed by atoms with Gasteiger partial charge in [-0.25, -0.2) is 9.37 Å². The monoisotopic (exact) mass is 238 g/mol. The van der Waals surface area contributed by atoms with Crippen molar-refractivity contribution in [2.75, 3.05) is 17.6 Å². The molecule has 0 atom stereocenters. The van der Waals surface area contributed by atoms with Gasteiger partial charge in [-0.3, -0.25) is 5.10 Å². The van der Waals surface area contributed by atoms with Gasteiger partial charge in [-0.05, 0) is 18.2 Å². The quantitative estimate of drug-likeness (QED) is 0.619. The van der Waals surface area contributed by atoms with Crippen LogP contribution in [0.15, 0.2) is 35.7 Å². The SMILES string of the molecule is Fc1cccc(NCCSc2ncn[nH]2)c1. The first-order valence-corrected chi connectivity index (χ1v) is 5.81. The molecule has 4 nitrogen and oxygen atoms in total. The molecule has 0 spiro atoms. The molecular weight excluding hydrogens is 227 g/mol. The van der Waals surface area contributed by atoms with Gasteiger partial charge in [-0.15, -0.1) is 0 Å². The lowest BCUT2D eigenvalue weighted by Crippen LogP contribution is -2.04. The third-order valence-corrected chi connectivity index (χ3v) is 2.77. The Bertz CT molecular complexity index is 432. The topological polar surface area (TPSA) is 53.6 Å². The van der Waals surface area contributed by atoms with Gasteiger partial charge >= 0.3 is 0 Å². The van der Waals surface area contributed by atoms with Crippen LogP contribution in [-0.2, 0) is 0 Å². The Hall–Kier alpha value is -1.56. The van der Waals surface area contributed by atoms with Gasteiger partial charge in [-0.2, -0.15) is 5.10 Å². The van der Waals surface area contributed by atoms with E-state index in [4.69, 9.17) is 0 Å². The Morgan fingerprint density at radius 2 is 2.38 bits per heavy atom. The fourth-order valence-electron chi connectivity index (χ4n) is 1.21. The smallest absolute Gasteiger partial charge is 0.183 e. The second kappa shape index (κ2) is 5.50. The van der Waals surface area contributed by atoms with Crippen molar-refractivity contribution in [1.82, 2.24) is 15.2 Å². The third-order valence-electron chi connectivity index (χ3n) is 1.89. The van der Waals surface area contributed by atoms with Crippen LogP contribution < -0.4 is 5.32 Å². The molecule has 16 heavy (non-hydrogen) atoms. The van der Waals surface area contributed by atoms with E-state index in [1.165, 1.54) is 18.5 Å². The maximum absolute atomic E-state index is 12.8. The van der Waals surface area contributed by atoms with Crippen molar-refractivity contribution in [3.05, 3.63) is 36.4 Å². The number of rotatable bonds is 5. The molecule has 1 heterocycles. The number of anilines is 1. The highest BCUT2D eigenvalue weighted by Crippen LogP contribution is 2.12. The van der Waals surface area contributed by atoms with Crippen molar-refractivity contribution in [3.8, 4) is 0 Å². The largest absolute Gasteiger partial charge is 0.384 e. The van der Waals surface area contributed by atoms with Crippen molar-refractivity contribution in [1.29, 1.82) is 0 Å². The molecule has 1 aromatic carbocycles. The minimum atomic E-state index is -0.229. The molecule has 84 valence electrons. The summed E-state index contributed by atoms with van der Waals surface area (Å²) in [5.74, 6) is 0.610. The summed E-state index contributed by atoms with van der Waals surface area (Å²) < 4.78 is 12.8. The van der Waals surface area contributed by atoms with Crippen LogP contribution in [0.4, 0.5) is 10.1 Å². The van der Waals surface area contributed by atoms with Crippen molar-refractivity contribution in [2.45, 2.75) is 5.16 Å². The fraction of sp³-hybridized carbons (Fsp3) is 0.200. The van der Waals surface area contributed by atoms with Crippen LogP contribution in [0, 0.1) is 5.82 Å². The van der Waals surface area contributed by atoms with Crippen molar-refractivity contribution in [2.24, 2.45) is 0 Å². The van der Waals surface area contributed by atoms with E-state index in [2.05, 4.69) is 20.5 Å². The Morgan fingerprint density at radius 1 is 1.44 bits per heavy atom. The molecule has 0 fully saturated rings. The summed E-state index contributed by atoms with van der Waals surface area (Å²) >= 11 is 1.57. The molecular formula is C10H11FN4S. The van der Waals surface area contributed by atoms with Crippen LogP contribution in [-0.4, -0.2) is 27.5 Å². The molecule has 0 aliphatic rings. The molecule has 2 N–H and O–H groups in total. The van der Waals surface area contributed by atoms with E-state index < -0.39 is 0 Å². The maximum atomic E-state index is 12.8. The van der Waals surface area contributed by atoms with Crippen LogP contribution >= 0.6 is 11.8 Å². The minimum Gasteiger partial charge on any atom is -0.384 e. The zero-order chi connectivity index (χ0) is 11.2. The van der Waals surface area contributed by atoms with Gasteiger partial charge in [0.15, 0.2) is 5.16 Å². The molecule has 6 heteroatoms. The average molecular weight is 238 g/mol. The number of aromatic amines is 1. The first-order chi connectivity index (χ1) is 7.84. The van der Waals surface area contributed by atoms with E-state index in [0.717, 1.165) is 23.1 Å². The fourth-order valence-corrected chi connectivity index (χ4v) is 1.84. The van der Waals surface area contributed by atoms with E-state index in [0.29, 0.717) is 0 Å². The highest BCUT2D eigenvalue weighted by molar-refractivity contribution is 7.99. The number of hydrogen-bond acceptors (Lipinski definition) is 4. The molecule has 0 bridgehead atoms.